The smallest absolute Gasteiger partial charge is 0.151 e. The van der Waals surface area contributed by atoms with Crippen molar-refractivity contribution < 1.29 is 4.39 Å². The average molecular weight is 277 g/mol. The number of thiazole rings is 1. The van der Waals surface area contributed by atoms with Gasteiger partial charge >= 0.3 is 0 Å². The number of halogens is 1. The van der Waals surface area contributed by atoms with E-state index < -0.39 is 0 Å². The van der Waals surface area contributed by atoms with Crippen LogP contribution in [0.25, 0.3) is 10.7 Å². The number of nitrogens with zero attached hydrogens (tertiary/aromatic N) is 2. The van der Waals surface area contributed by atoms with Crippen molar-refractivity contribution in [3.63, 3.8) is 0 Å². The molecule has 5 heteroatoms. The summed E-state index contributed by atoms with van der Waals surface area (Å²) >= 11 is 1.58. The lowest BCUT2D eigenvalue weighted by Crippen LogP contribution is -2.24. The second-order valence-corrected chi connectivity index (χ2v) is 5.75. The highest BCUT2D eigenvalue weighted by atomic mass is 32.1. The molecule has 2 heterocycles. The molecule has 1 atom stereocenters. The molecule has 1 N–H and O–H groups in total. The highest BCUT2D eigenvalue weighted by Crippen LogP contribution is 2.36. The predicted octanol–water partition coefficient (Wildman–Crippen LogP) is 3.33. The Labute approximate surface area is 115 Å². The fourth-order valence-electron chi connectivity index (χ4n) is 2.51. The van der Waals surface area contributed by atoms with E-state index >= 15 is 0 Å². The topological polar surface area (TPSA) is 37.8 Å². The van der Waals surface area contributed by atoms with Crippen molar-refractivity contribution in [3.05, 3.63) is 34.7 Å². The van der Waals surface area contributed by atoms with Gasteiger partial charge in [-0.2, -0.15) is 0 Å². The van der Waals surface area contributed by atoms with Crippen LogP contribution in [0.1, 0.15) is 36.4 Å². The third-order valence-electron chi connectivity index (χ3n) is 3.37. The van der Waals surface area contributed by atoms with Gasteiger partial charge in [-0.05, 0) is 37.9 Å². The molecule has 1 aliphatic rings. The minimum Gasteiger partial charge on any atom is -0.309 e. The van der Waals surface area contributed by atoms with Crippen LogP contribution in [0, 0.1) is 5.82 Å². The number of hydrogen-bond acceptors (Lipinski definition) is 4. The summed E-state index contributed by atoms with van der Waals surface area (Å²) in [5.74, 6) is -0.298. The molecule has 2 aromatic heterocycles. The molecular weight excluding hydrogens is 261 g/mol. The van der Waals surface area contributed by atoms with Gasteiger partial charge < -0.3 is 5.32 Å². The first-order valence-corrected chi connectivity index (χ1v) is 7.45. The minimum atomic E-state index is -0.298. The normalized spacial score (nSPS) is 18.3. The number of hydrogen-bond donors (Lipinski definition) is 1. The average Bonchev–Trinajstić information content (AvgIpc) is 2.84. The van der Waals surface area contributed by atoms with E-state index in [4.69, 9.17) is 0 Å². The molecule has 0 fully saturated rings. The summed E-state index contributed by atoms with van der Waals surface area (Å²) in [5.41, 5.74) is 1.47. The second kappa shape index (κ2) is 5.35. The Balaban J connectivity index is 2.00. The van der Waals surface area contributed by atoms with Crippen LogP contribution < -0.4 is 5.32 Å². The van der Waals surface area contributed by atoms with Crippen molar-refractivity contribution in [1.82, 2.24) is 15.3 Å². The number of pyridine rings is 1. The lowest BCUT2D eigenvalue weighted by atomic mass is 9.98. The standard InChI is InChI=1S/C14H16FN3S/c1-2-16-10-6-3-7-11-13(10)18-14(19-11)12-9(15)5-4-8-17-12/h4-5,8,10,16H,2-3,6-7H2,1H3. The maximum atomic E-state index is 13.8. The summed E-state index contributed by atoms with van der Waals surface area (Å²) in [7, 11) is 0. The molecule has 0 spiro atoms. The molecule has 0 radical (unpaired) electrons. The molecule has 3 nitrogen and oxygen atoms in total. The van der Waals surface area contributed by atoms with Crippen molar-refractivity contribution >= 4 is 11.3 Å². The van der Waals surface area contributed by atoms with Crippen LogP contribution in [0.2, 0.25) is 0 Å². The zero-order valence-electron chi connectivity index (χ0n) is 10.8. The van der Waals surface area contributed by atoms with Gasteiger partial charge in [0, 0.05) is 11.1 Å². The molecular formula is C14H16FN3S. The van der Waals surface area contributed by atoms with Gasteiger partial charge in [-0.3, -0.25) is 4.98 Å². The Kier molecular flexibility index (Phi) is 3.57. The van der Waals surface area contributed by atoms with Crippen LogP contribution in [0.15, 0.2) is 18.3 Å². The summed E-state index contributed by atoms with van der Waals surface area (Å²) in [4.78, 5) is 10.0. The van der Waals surface area contributed by atoms with Gasteiger partial charge in [0.05, 0.1) is 11.7 Å². The lowest BCUT2D eigenvalue weighted by molar-refractivity contribution is 0.465. The van der Waals surface area contributed by atoms with Crippen molar-refractivity contribution in [3.8, 4) is 10.7 Å². The molecule has 100 valence electrons. The number of nitrogens with one attached hydrogen (secondary N) is 1. The summed E-state index contributed by atoms with van der Waals surface area (Å²) in [6, 6.07) is 3.35. The molecule has 0 saturated heterocycles. The van der Waals surface area contributed by atoms with Crippen molar-refractivity contribution in [2.75, 3.05) is 6.54 Å². The largest absolute Gasteiger partial charge is 0.309 e. The lowest BCUT2D eigenvalue weighted by Gasteiger charge is -2.21. The van der Waals surface area contributed by atoms with Crippen molar-refractivity contribution in [1.29, 1.82) is 0 Å². The second-order valence-electron chi connectivity index (χ2n) is 4.66. The fourth-order valence-corrected chi connectivity index (χ4v) is 3.67. The van der Waals surface area contributed by atoms with Gasteiger partial charge in [0.1, 0.15) is 10.7 Å². The SMILES string of the molecule is CCNC1CCCc2sc(-c3ncccc3F)nc21. The fraction of sp³-hybridized carbons (Fsp3) is 0.429. The van der Waals surface area contributed by atoms with Crippen LogP contribution in [-0.2, 0) is 6.42 Å². The molecule has 1 unspecified atom stereocenters. The van der Waals surface area contributed by atoms with E-state index in [1.165, 1.54) is 10.9 Å². The number of aryl methyl sites for hydroxylation is 1. The van der Waals surface area contributed by atoms with Gasteiger partial charge in [-0.25, -0.2) is 9.37 Å². The minimum absolute atomic E-state index is 0.298. The Morgan fingerprint density at radius 2 is 2.42 bits per heavy atom. The molecule has 0 amide bonds. The van der Waals surface area contributed by atoms with Gasteiger partial charge in [-0.15, -0.1) is 11.3 Å². The molecule has 1 aliphatic carbocycles. The molecule has 3 rings (SSSR count). The van der Waals surface area contributed by atoms with E-state index in [1.54, 1.807) is 23.6 Å². The van der Waals surface area contributed by atoms with Crippen LogP contribution in [0.5, 0.6) is 0 Å². The molecule has 0 aliphatic heterocycles. The van der Waals surface area contributed by atoms with Crippen LogP contribution in [-0.4, -0.2) is 16.5 Å². The third kappa shape index (κ3) is 2.40. The van der Waals surface area contributed by atoms with Crippen molar-refractivity contribution in [2.24, 2.45) is 0 Å². The van der Waals surface area contributed by atoms with Crippen LogP contribution in [0.3, 0.4) is 0 Å². The number of rotatable bonds is 3. The number of aromatic nitrogens is 2. The van der Waals surface area contributed by atoms with Gasteiger partial charge in [-0.1, -0.05) is 6.92 Å². The predicted molar refractivity (Wildman–Crippen MR) is 74.7 cm³/mol. The van der Waals surface area contributed by atoms with E-state index in [9.17, 15) is 4.39 Å². The first kappa shape index (κ1) is 12.7. The van der Waals surface area contributed by atoms with E-state index in [0.29, 0.717) is 16.7 Å². The zero-order valence-corrected chi connectivity index (χ0v) is 11.6. The maximum absolute atomic E-state index is 13.8. The summed E-state index contributed by atoms with van der Waals surface area (Å²) in [6.07, 6.45) is 4.93. The summed E-state index contributed by atoms with van der Waals surface area (Å²) in [6.45, 7) is 3.02. The third-order valence-corrected chi connectivity index (χ3v) is 4.50. The van der Waals surface area contributed by atoms with E-state index in [-0.39, 0.29) is 5.82 Å². The first-order valence-electron chi connectivity index (χ1n) is 6.63. The Morgan fingerprint density at radius 3 is 3.21 bits per heavy atom. The Bertz CT molecular complexity index is 582. The first-order chi connectivity index (χ1) is 9.29. The Morgan fingerprint density at radius 1 is 1.53 bits per heavy atom. The highest BCUT2D eigenvalue weighted by molar-refractivity contribution is 7.15. The van der Waals surface area contributed by atoms with Gasteiger partial charge in [0.2, 0.25) is 0 Å². The van der Waals surface area contributed by atoms with Gasteiger partial charge in [0.25, 0.3) is 0 Å². The van der Waals surface area contributed by atoms with Crippen LogP contribution >= 0.6 is 11.3 Å². The zero-order chi connectivity index (χ0) is 13.2. The summed E-state index contributed by atoms with van der Waals surface area (Å²) in [5, 5.41) is 4.15. The van der Waals surface area contributed by atoms with Gasteiger partial charge in [0.15, 0.2) is 5.82 Å². The molecule has 0 aromatic carbocycles. The molecule has 0 bridgehead atoms. The molecule has 0 saturated carbocycles. The van der Waals surface area contributed by atoms with Crippen LogP contribution in [0.4, 0.5) is 4.39 Å². The number of fused-ring (bicyclic) bond motifs is 1. The van der Waals surface area contributed by atoms with E-state index in [2.05, 4.69) is 22.2 Å². The highest BCUT2D eigenvalue weighted by Gasteiger charge is 2.25. The van der Waals surface area contributed by atoms with E-state index in [1.807, 2.05) is 0 Å². The quantitative estimate of drug-likeness (QED) is 0.935. The molecule has 2 aromatic rings. The maximum Gasteiger partial charge on any atom is 0.151 e. The summed E-state index contributed by atoms with van der Waals surface area (Å²) < 4.78 is 13.8. The van der Waals surface area contributed by atoms with Crippen molar-refractivity contribution in [2.45, 2.75) is 32.2 Å². The van der Waals surface area contributed by atoms with E-state index in [0.717, 1.165) is 31.5 Å². The Hall–Kier alpha value is -1.33. The molecule has 19 heavy (non-hydrogen) atoms. The monoisotopic (exact) mass is 277 g/mol.